The minimum absolute atomic E-state index is 0.0677. The van der Waals surface area contributed by atoms with E-state index in [1.54, 1.807) is 9.80 Å². The maximum atomic E-state index is 12.6. The molecule has 3 rings (SSSR count). The number of urea groups is 1. The number of hydrogen-bond donors (Lipinski definition) is 1. The Balaban J connectivity index is 1.51. The quantitative estimate of drug-likeness (QED) is 0.818. The monoisotopic (exact) mass is 367 g/mol. The summed E-state index contributed by atoms with van der Waals surface area (Å²) in [5.74, 6) is 0.623. The molecule has 2 aromatic rings. The molecule has 1 aliphatic heterocycles. The van der Waals surface area contributed by atoms with Crippen LogP contribution in [0.5, 0.6) is 5.75 Å². The van der Waals surface area contributed by atoms with Crippen molar-refractivity contribution in [1.82, 2.24) is 10.2 Å². The number of anilines is 1. The Labute approximate surface area is 159 Å². The molecule has 2 aromatic carbocycles. The molecule has 1 aliphatic rings. The van der Waals surface area contributed by atoms with Gasteiger partial charge in [0.15, 0.2) is 0 Å². The van der Waals surface area contributed by atoms with Crippen LogP contribution < -0.4 is 15.0 Å². The zero-order valence-corrected chi connectivity index (χ0v) is 15.8. The van der Waals surface area contributed by atoms with Crippen molar-refractivity contribution in [3.8, 4) is 5.75 Å². The summed E-state index contributed by atoms with van der Waals surface area (Å²) in [4.78, 5) is 28.1. The lowest BCUT2D eigenvalue weighted by Gasteiger charge is -2.18. The summed E-state index contributed by atoms with van der Waals surface area (Å²) >= 11 is 0. The highest BCUT2D eigenvalue weighted by molar-refractivity contribution is 5.96. The number of rotatable bonds is 7. The number of aryl methyl sites for hydroxylation is 1. The minimum atomic E-state index is -0.155. The van der Waals surface area contributed by atoms with Crippen molar-refractivity contribution in [2.45, 2.75) is 20.4 Å². The third-order valence-electron chi connectivity index (χ3n) is 4.50. The van der Waals surface area contributed by atoms with E-state index in [0.717, 1.165) is 17.0 Å². The molecule has 0 atom stereocenters. The van der Waals surface area contributed by atoms with Gasteiger partial charge in [-0.3, -0.25) is 9.69 Å². The van der Waals surface area contributed by atoms with Gasteiger partial charge in [-0.1, -0.05) is 29.8 Å². The second-order valence-electron chi connectivity index (χ2n) is 6.55. The first-order valence-electron chi connectivity index (χ1n) is 9.18. The first kappa shape index (κ1) is 18.8. The Morgan fingerprint density at radius 2 is 1.78 bits per heavy atom. The normalized spacial score (nSPS) is 13.8. The van der Waals surface area contributed by atoms with Crippen molar-refractivity contribution >= 4 is 17.6 Å². The van der Waals surface area contributed by atoms with Gasteiger partial charge in [0.25, 0.3) is 0 Å². The molecule has 0 aliphatic carbocycles. The Hall–Kier alpha value is -3.02. The molecule has 27 heavy (non-hydrogen) atoms. The van der Waals surface area contributed by atoms with E-state index in [9.17, 15) is 9.59 Å². The molecular weight excluding hydrogens is 342 g/mol. The van der Waals surface area contributed by atoms with Crippen molar-refractivity contribution in [2.24, 2.45) is 0 Å². The molecule has 1 heterocycles. The molecule has 6 nitrogen and oxygen atoms in total. The van der Waals surface area contributed by atoms with E-state index >= 15 is 0 Å². The van der Waals surface area contributed by atoms with Gasteiger partial charge >= 0.3 is 6.03 Å². The van der Waals surface area contributed by atoms with Gasteiger partial charge in [-0.15, -0.1) is 0 Å². The van der Waals surface area contributed by atoms with Crippen LogP contribution in [0.2, 0.25) is 0 Å². The van der Waals surface area contributed by atoms with Gasteiger partial charge in [-0.05, 0) is 43.7 Å². The molecule has 1 N–H and O–H groups in total. The average molecular weight is 367 g/mol. The predicted octanol–water partition coefficient (Wildman–Crippen LogP) is 2.95. The molecule has 0 aromatic heterocycles. The zero-order valence-electron chi connectivity index (χ0n) is 15.8. The highest BCUT2D eigenvalue weighted by atomic mass is 16.5. The van der Waals surface area contributed by atoms with Crippen LogP contribution >= 0.6 is 0 Å². The fraction of sp³-hybridized carbons (Fsp3) is 0.333. The SMILES string of the molecule is CCOc1ccc(N2CCN(CC(=O)NCc3ccc(C)cc3)C2=O)cc1. The molecular formula is C21H25N3O3. The maximum Gasteiger partial charge on any atom is 0.325 e. The largest absolute Gasteiger partial charge is 0.494 e. The molecule has 142 valence electrons. The lowest BCUT2D eigenvalue weighted by molar-refractivity contribution is -0.121. The second-order valence-corrected chi connectivity index (χ2v) is 6.55. The van der Waals surface area contributed by atoms with Gasteiger partial charge in [0.05, 0.1) is 6.61 Å². The lowest BCUT2D eigenvalue weighted by Crippen LogP contribution is -2.39. The van der Waals surface area contributed by atoms with Crippen LogP contribution in [0.15, 0.2) is 48.5 Å². The van der Waals surface area contributed by atoms with E-state index in [0.29, 0.717) is 26.2 Å². The number of carbonyl (C=O) groups is 2. The number of carbonyl (C=O) groups excluding carboxylic acids is 2. The van der Waals surface area contributed by atoms with E-state index in [1.807, 2.05) is 62.4 Å². The van der Waals surface area contributed by atoms with Gasteiger partial charge < -0.3 is 15.0 Å². The lowest BCUT2D eigenvalue weighted by atomic mass is 10.1. The third-order valence-corrected chi connectivity index (χ3v) is 4.50. The summed E-state index contributed by atoms with van der Waals surface area (Å²) in [6.45, 7) is 6.19. The molecule has 1 fully saturated rings. The third kappa shape index (κ3) is 4.78. The maximum absolute atomic E-state index is 12.6. The predicted molar refractivity (Wildman–Crippen MR) is 105 cm³/mol. The van der Waals surface area contributed by atoms with Crippen molar-refractivity contribution in [3.63, 3.8) is 0 Å². The van der Waals surface area contributed by atoms with Gasteiger partial charge in [0, 0.05) is 25.3 Å². The standard InChI is InChI=1S/C21H25N3O3/c1-3-27-19-10-8-18(9-11-19)24-13-12-23(21(24)26)15-20(25)22-14-17-6-4-16(2)5-7-17/h4-11H,3,12-15H2,1-2H3,(H,22,25). The Kier molecular flexibility index (Phi) is 5.96. The summed E-state index contributed by atoms with van der Waals surface area (Å²) in [5, 5.41) is 2.87. The summed E-state index contributed by atoms with van der Waals surface area (Å²) in [5.41, 5.74) is 3.03. The van der Waals surface area contributed by atoms with Crippen molar-refractivity contribution < 1.29 is 14.3 Å². The Morgan fingerprint density at radius 1 is 1.07 bits per heavy atom. The van der Waals surface area contributed by atoms with Crippen molar-refractivity contribution in [2.75, 3.05) is 31.1 Å². The second kappa shape index (κ2) is 8.58. The fourth-order valence-electron chi connectivity index (χ4n) is 2.99. The number of nitrogens with one attached hydrogen (secondary N) is 1. The number of ether oxygens (including phenoxy) is 1. The van der Waals surface area contributed by atoms with Crippen molar-refractivity contribution in [1.29, 1.82) is 0 Å². The van der Waals surface area contributed by atoms with Crippen LogP contribution in [-0.4, -0.2) is 43.1 Å². The number of nitrogens with zero attached hydrogens (tertiary/aromatic N) is 2. The summed E-state index contributed by atoms with van der Waals surface area (Å²) in [6.07, 6.45) is 0. The smallest absolute Gasteiger partial charge is 0.325 e. The zero-order chi connectivity index (χ0) is 19.2. The number of amides is 3. The van der Waals surface area contributed by atoms with Crippen LogP contribution in [0.3, 0.4) is 0 Å². The first-order valence-corrected chi connectivity index (χ1v) is 9.18. The molecule has 1 saturated heterocycles. The number of benzene rings is 2. The van der Waals surface area contributed by atoms with Gasteiger partial charge in [-0.2, -0.15) is 0 Å². The van der Waals surface area contributed by atoms with Crippen LogP contribution in [0.4, 0.5) is 10.5 Å². The number of hydrogen-bond acceptors (Lipinski definition) is 3. The molecule has 0 radical (unpaired) electrons. The van der Waals surface area contributed by atoms with Gasteiger partial charge in [-0.25, -0.2) is 4.79 Å². The summed E-state index contributed by atoms with van der Waals surface area (Å²) in [6, 6.07) is 15.3. The van der Waals surface area contributed by atoms with Gasteiger partial charge in [0.1, 0.15) is 12.3 Å². The highest BCUT2D eigenvalue weighted by Gasteiger charge is 2.30. The van der Waals surface area contributed by atoms with Crippen LogP contribution in [-0.2, 0) is 11.3 Å². The molecule has 0 unspecified atom stereocenters. The van der Waals surface area contributed by atoms with E-state index in [4.69, 9.17) is 4.74 Å². The Bertz CT molecular complexity index is 787. The van der Waals surface area contributed by atoms with Crippen LogP contribution in [0.25, 0.3) is 0 Å². The summed E-state index contributed by atoms with van der Waals surface area (Å²) in [7, 11) is 0. The molecule has 6 heteroatoms. The average Bonchev–Trinajstić information content (AvgIpc) is 3.03. The van der Waals surface area contributed by atoms with Gasteiger partial charge in [0.2, 0.25) is 5.91 Å². The van der Waals surface area contributed by atoms with E-state index in [1.165, 1.54) is 5.56 Å². The summed E-state index contributed by atoms with van der Waals surface area (Å²) < 4.78 is 5.43. The topological polar surface area (TPSA) is 61.9 Å². The highest BCUT2D eigenvalue weighted by Crippen LogP contribution is 2.23. The van der Waals surface area contributed by atoms with E-state index in [2.05, 4.69) is 5.32 Å². The minimum Gasteiger partial charge on any atom is -0.494 e. The van der Waals surface area contributed by atoms with E-state index in [-0.39, 0.29) is 18.5 Å². The molecule has 0 bridgehead atoms. The van der Waals surface area contributed by atoms with E-state index < -0.39 is 0 Å². The Morgan fingerprint density at radius 3 is 2.44 bits per heavy atom. The fourth-order valence-corrected chi connectivity index (χ4v) is 2.99. The van der Waals surface area contributed by atoms with Crippen molar-refractivity contribution in [3.05, 3.63) is 59.7 Å². The molecule has 0 spiro atoms. The van der Waals surface area contributed by atoms with Crippen LogP contribution in [0.1, 0.15) is 18.1 Å². The first-order chi connectivity index (χ1) is 13.1. The van der Waals surface area contributed by atoms with Crippen LogP contribution in [0, 0.1) is 6.92 Å². The molecule has 3 amide bonds. The molecule has 0 saturated carbocycles.